The first-order chi connectivity index (χ1) is 6.79. The van der Waals surface area contributed by atoms with E-state index in [0.29, 0.717) is 0 Å². The molecule has 0 bridgehead atoms. The van der Waals surface area contributed by atoms with Crippen molar-refractivity contribution in [3.63, 3.8) is 0 Å². The molecule has 15 heavy (non-hydrogen) atoms. The van der Waals surface area contributed by atoms with Crippen LogP contribution in [0.25, 0.3) is 0 Å². The molecule has 0 saturated carbocycles. The molecule has 2 unspecified atom stereocenters. The molecule has 1 heterocycles. The van der Waals surface area contributed by atoms with Gasteiger partial charge >= 0.3 is 0 Å². The number of hydrogen-bond donors (Lipinski definition) is 1. The fourth-order valence-electron chi connectivity index (χ4n) is 1.29. The number of halogens is 1. The summed E-state index contributed by atoms with van der Waals surface area (Å²) in [6.07, 6.45) is -0.0810. The zero-order valence-electron chi connectivity index (χ0n) is 9.58. The Morgan fingerprint density at radius 1 is 1.40 bits per heavy atom. The molecule has 2 nitrogen and oxygen atoms in total. The van der Waals surface area contributed by atoms with Crippen LogP contribution in [0.1, 0.15) is 38.7 Å². The predicted octanol–water partition coefficient (Wildman–Crippen LogP) is 3.60. The number of thiophene rings is 1. The Labute approximate surface area is 100 Å². The van der Waals surface area contributed by atoms with Crippen LogP contribution in [-0.2, 0) is 4.74 Å². The first-order valence-electron chi connectivity index (χ1n) is 4.98. The van der Waals surface area contributed by atoms with Crippen molar-refractivity contribution in [3.05, 3.63) is 21.3 Å². The molecule has 0 aliphatic rings. The minimum absolute atomic E-state index is 0.0426. The highest BCUT2D eigenvalue weighted by atomic mass is 35.5. The third-order valence-corrected chi connectivity index (χ3v) is 3.13. The highest BCUT2D eigenvalue weighted by Crippen LogP contribution is 2.33. The molecule has 0 aromatic carbocycles. The van der Waals surface area contributed by atoms with Gasteiger partial charge < -0.3 is 10.5 Å². The van der Waals surface area contributed by atoms with Crippen LogP contribution in [0.15, 0.2) is 12.1 Å². The fraction of sp³-hybridized carbons (Fsp3) is 0.636. The Balaban J connectivity index is 2.84. The van der Waals surface area contributed by atoms with Gasteiger partial charge in [-0.2, -0.15) is 0 Å². The average molecular weight is 248 g/mol. The highest BCUT2D eigenvalue weighted by Gasteiger charge is 2.24. The SMILES string of the molecule is CC(N)C(OC(C)(C)C)c1ccc(Cl)s1. The van der Waals surface area contributed by atoms with Gasteiger partial charge in [0.25, 0.3) is 0 Å². The lowest BCUT2D eigenvalue weighted by molar-refractivity contribution is -0.0685. The van der Waals surface area contributed by atoms with Gasteiger partial charge in [0.2, 0.25) is 0 Å². The molecule has 2 atom stereocenters. The second-order valence-corrected chi connectivity index (χ2v) is 6.40. The summed E-state index contributed by atoms with van der Waals surface area (Å²) in [5.41, 5.74) is 5.72. The van der Waals surface area contributed by atoms with Crippen LogP contribution in [-0.4, -0.2) is 11.6 Å². The Bertz CT molecular complexity index is 317. The molecule has 0 radical (unpaired) electrons. The smallest absolute Gasteiger partial charge is 0.107 e. The topological polar surface area (TPSA) is 35.2 Å². The van der Waals surface area contributed by atoms with Gasteiger partial charge in [-0.15, -0.1) is 11.3 Å². The molecule has 0 fully saturated rings. The minimum atomic E-state index is -0.200. The second-order valence-electron chi connectivity index (χ2n) is 4.65. The van der Waals surface area contributed by atoms with E-state index in [0.717, 1.165) is 9.21 Å². The fourth-order valence-corrected chi connectivity index (χ4v) is 2.49. The molecule has 0 amide bonds. The lowest BCUT2D eigenvalue weighted by atomic mass is 10.1. The molecule has 0 spiro atoms. The Kier molecular flexibility index (Phi) is 4.18. The van der Waals surface area contributed by atoms with Crippen molar-refractivity contribution in [2.45, 2.75) is 45.4 Å². The van der Waals surface area contributed by atoms with Gasteiger partial charge in [-0.3, -0.25) is 0 Å². The van der Waals surface area contributed by atoms with Crippen LogP contribution in [0.3, 0.4) is 0 Å². The van der Waals surface area contributed by atoms with Crippen LogP contribution in [0.2, 0.25) is 4.34 Å². The summed E-state index contributed by atoms with van der Waals surface area (Å²) in [7, 11) is 0. The first-order valence-corrected chi connectivity index (χ1v) is 6.17. The zero-order chi connectivity index (χ0) is 11.6. The van der Waals surface area contributed by atoms with E-state index in [-0.39, 0.29) is 17.7 Å². The standard InChI is InChI=1S/C11H18ClNOS/c1-7(13)10(14-11(2,3)4)8-5-6-9(12)15-8/h5-7,10H,13H2,1-4H3. The van der Waals surface area contributed by atoms with E-state index in [4.69, 9.17) is 22.1 Å². The Morgan fingerprint density at radius 3 is 2.33 bits per heavy atom. The minimum Gasteiger partial charge on any atom is -0.365 e. The molecule has 0 aliphatic carbocycles. The molecule has 4 heteroatoms. The van der Waals surface area contributed by atoms with Crippen molar-refractivity contribution in [1.82, 2.24) is 0 Å². The van der Waals surface area contributed by atoms with Crippen LogP contribution in [0, 0.1) is 0 Å². The molecule has 2 N–H and O–H groups in total. The van der Waals surface area contributed by atoms with Crippen molar-refractivity contribution in [1.29, 1.82) is 0 Å². The predicted molar refractivity (Wildman–Crippen MR) is 66.6 cm³/mol. The molecule has 1 aromatic rings. The van der Waals surface area contributed by atoms with E-state index in [9.17, 15) is 0 Å². The third-order valence-electron chi connectivity index (χ3n) is 1.83. The monoisotopic (exact) mass is 247 g/mol. The molecule has 86 valence electrons. The summed E-state index contributed by atoms with van der Waals surface area (Å²) in [5.74, 6) is 0. The number of nitrogens with two attached hydrogens (primary N) is 1. The van der Waals surface area contributed by atoms with Crippen LogP contribution in [0.5, 0.6) is 0 Å². The maximum absolute atomic E-state index is 5.93. The van der Waals surface area contributed by atoms with Gasteiger partial charge in [0.1, 0.15) is 6.10 Å². The van der Waals surface area contributed by atoms with E-state index in [2.05, 4.69) is 0 Å². The molecule has 0 saturated heterocycles. The third kappa shape index (κ3) is 4.11. The van der Waals surface area contributed by atoms with Crippen LogP contribution >= 0.6 is 22.9 Å². The van der Waals surface area contributed by atoms with Gasteiger partial charge in [-0.1, -0.05) is 11.6 Å². The van der Waals surface area contributed by atoms with Gasteiger partial charge in [0.15, 0.2) is 0 Å². The van der Waals surface area contributed by atoms with Gasteiger partial charge in [-0.25, -0.2) is 0 Å². The van der Waals surface area contributed by atoms with Crippen molar-refractivity contribution < 1.29 is 4.74 Å². The number of ether oxygens (including phenoxy) is 1. The van der Waals surface area contributed by atoms with Gasteiger partial charge in [-0.05, 0) is 39.8 Å². The zero-order valence-corrected chi connectivity index (χ0v) is 11.2. The normalized spacial score (nSPS) is 16.4. The quantitative estimate of drug-likeness (QED) is 0.886. The van der Waals surface area contributed by atoms with Crippen LogP contribution in [0.4, 0.5) is 0 Å². The Morgan fingerprint density at radius 2 is 2.00 bits per heavy atom. The first kappa shape index (κ1) is 13.0. The summed E-state index contributed by atoms with van der Waals surface area (Å²) in [6.45, 7) is 8.02. The number of rotatable bonds is 3. The molecular formula is C11H18ClNOS. The van der Waals surface area contributed by atoms with Crippen molar-refractivity contribution in [2.24, 2.45) is 5.73 Å². The van der Waals surface area contributed by atoms with E-state index in [1.54, 1.807) is 0 Å². The van der Waals surface area contributed by atoms with E-state index >= 15 is 0 Å². The van der Waals surface area contributed by atoms with E-state index in [1.165, 1.54) is 11.3 Å². The maximum atomic E-state index is 5.93. The van der Waals surface area contributed by atoms with E-state index < -0.39 is 0 Å². The molecular weight excluding hydrogens is 230 g/mol. The Hall–Kier alpha value is -0.0900. The summed E-state index contributed by atoms with van der Waals surface area (Å²) >= 11 is 7.43. The second kappa shape index (κ2) is 4.83. The summed E-state index contributed by atoms with van der Waals surface area (Å²) in [4.78, 5) is 1.09. The summed E-state index contributed by atoms with van der Waals surface area (Å²) in [5, 5.41) is 0. The van der Waals surface area contributed by atoms with E-state index in [1.807, 2.05) is 39.8 Å². The summed E-state index contributed by atoms with van der Waals surface area (Å²) < 4.78 is 6.70. The van der Waals surface area contributed by atoms with Crippen molar-refractivity contribution >= 4 is 22.9 Å². The average Bonchev–Trinajstić information content (AvgIpc) is 2.45. The molecule has 1 rings (SSSR count). The molecule has 1 aromatic heterocycles. The lowest BCUT2D eigenvalue weighted by Crippen LogP contribution is -2.32. The van der Waals surface area contributed by atoms with Crippen molar-refractivity contribution in [2.75, 3.05) is 0 Å². The summed E-state index contributed by atoms with van der Waals surface area (Å²) in [6, 6.07) is 3.81. The lowest BCUT2D eigenvalue weighted by Gasteiger charge is -2.29. The van der Waals surface area contributed by atoms with Crippen molar-refractivity contribution in [3.8, 4) is 0 Å². The maximum Gasteiger partial charge on any atom is 0.107 e. The van der Waals surface area contributed by atoms with Gasteiger partial charge in [0, 0.05) is 10.9 Å². The van der Waals surface area contributed by atoms with Crippen LogP contribution < -0.4 is 5.73 Å². The molecule has 0 aliphatic heterocycles. The largest absolute Gasteiger partial charge is 0.365 e. The van der Waals surface area contributed by atoms with Gasteiger partial charge in [0.05, 0.1) is 9.94 Å². The number of hydrogen-bond acceptors (Lipinski definition) is 3. The highest BCUT2D eigenvalue weighted by molar-refractivity contribution is 7.16.